The van der Waals surface area contributed by atoms with Crippen molar-refractivity contribution in [2.45, 2.75) is 17.5 Å². The van der Waals surface area contributed by atoms with Crippen LogP contribution < -0.4 is 15.4 Å². The van der Waals surface area contributed by atoms with Crippen LogP contribution in [0.3, 0.4) is 0 Å². The van der Waals surface area contributed by atoms with Gasteiger partial charge in [0.15, 0.2) is 11.6 Å². The van der Waals surface area contributed by atoms with Crippen molar-refractivity contribution < 1.29 is 13.9 Å². The van der Waals surface area contributed by atoms with E-state index in [0.29, 0.717) is 10.1 Å². The van der Waals surface area contributed by atoms with Gasteiger partial charge in [0.25, 0.3) is 0 Å². The standard InChI is InChI=1S/C19H21FN2O2S2/c1-12(13-6-7-17(24-2)16(20)11-13)21-19(23)22-15-5-3-4-14(10-15)18-25-8-9-26-18/h3-7,10-12,18H,8-9H2,1-2H3,(H2,21,22,23). The number of methoxy groups -OCH3 is 1. The average molecular weight is 393 g/mol. The number of ether oxygens (including phenoxy) is 1. The molecule has 0 spiro atoms. The van der Waals surface area contributed by atoms with E-state index >= 15 is 0 Å². The zero-order chi connectivity index (χ0) is 18.5. The number of thioether (sulfide) groups is 2. The van der Waals surface area contributed by atoms with Crippen LogP contribution in [0, 0.1) is 5.82 Å². The van der Waals surface area contributed by atoms with E-state index in [4.69, 9.17) is 4.74 Å². The van der Waals surface area contributed by atoms with Crippen molar-refractivity contribution in [2.75, 3.05) is 23.9 Å². The van der Waals surface area contributed by atoms with Crippen LogP contribution in [0.2, 0.25) is 0 Å². The number of hydrogen-bond acceptors (Lipinski definition) is 4. The number of carbonyl (C=O) groups is 1. The molecule has 138 valence electrons. The fourth-order valence-electron chi connectivity index (χ4n) is 2.71. The second kappa shape index (κ2) is 8.68. The van der Waals surface area contributed by atoms with Crippen LogP contribution in [0.15, 0.2) is 42.5 Å². The molecule has 26 heavy (non-hydrogen) atoms. The van der Waals surface area contributed by atoms with Crippen molar-refractivity contribution in [1.82, 2.24) is 5.32 Å². The monoisotopic (exact) mass is 392 g/mol. The van der Waals surface area contributed by atoms with Crippen LogP contribution >= 0.6 is 23.5 Å². The lowest BCUT2D eigenvalue weighted by molar-refractivity contribution is 0.249. The number of nitrogens with one attached hydrogen (secondary N) is 2. The maximum Gasteiger partial charge on any atom is 0.319 e. The second-order valence-corrected chi connectivity index (χ2v) is 8.64. The maximum absolute atomic E-state index is 13.8. The van der Waals surface area contributed by atoms with Crippen LogP contribution in [0.5, 0.6) is 5.75 Å². The van der Waals surface area contributed by atoms with E-state index in [1.165, 1.54) is 18.7 Å². The number of anilines is 1. The minimum absolute atomic E-state index is 0.185. The number of benzene rings is 2. The third-order valence-electron chi connectivity index (χ3n) is 4.06. The number of hydrogen-bond donors (Lipinski definition) is 2. The molecule has 0 aliphatic carbocycles. The van der Waals surface area contributed by atoms with Gasteiger partial charge < -0.3 is 15.4 Å². The van der Waals surface area contributed by atoms with E-state index in [1.807, 2.05) is 48.6 Å². The van der Waals surface area contributed by atoms with Crippen LogP contribution in [-0.4, -0.2) is 24.6 Å². The van der Waals surface area contributed by atoms with Crippen molar-refractivity contribution in [3.05, 3.63) is 59.4 Å². The average Bonchev–Trinajstić information content (AvgIpc) is 3.16. The molecule has 0 saturated carbocycles. The van der Waals surface area contributed by atoms with Crippen molar-refractivity contribution in [3.8, 4) is 5.75 Å². The van der Waals surface area contributed by atoms with E-state index < -0.39 is 5.82 Å². The summed E-state index contributed by atoms with van der Waals surface area (Å²) in [6, 6.07) is 11.9. The Bertz CT molecular complexity index is 782. The number of carbonyl (C=O) groups excluding carboxylic acids is 1. The first kappa shape index (κ1) is 18.9. The van der Waals surface area contributed by atoms with Crippen LogP contribution in [0.4, 0.5) is 14.9 Å². The van der Waals surface area contributed by atoms with E-state index in [2.05, 4.69) is 16.7 Å². The molecule has 1 fully saturated rings. The first-order chi connectivity index (χ1) is 12.6. The van der Waals surface area contributed by atoms with Gasteiger partial charge in [0.1, 0.15) is 0 Å². The third-order valence-corrected chi connectivity index (χ3v) is 7.17. The molecule has 1 saturated heterocycles. The van der Waals surface area contributed by atoms with Crippen LogP contribution in [0.1, 0.15) is 28.7 Å². The molecule has 2 aromatic rings. The highest BCUT2D eigenvalue weighted by molar-refractivity contribution is 8.19. The van der Waals surface area contributed by atoms with Gasteiger partial charge in [-0.1, -0.05) is 18.2 Å². The molecule has 1 heterocycles. The highest BCUT2D eigenvalue weighted by atomic mass is 32.2. The third kappa shape index (κ3) is 4.65. The Morgan fingerprint density at radius 1 is 1.23 bits per heavy atom. The normalized spacial score (nSPS) is 15.5. The first-order valence-corrected chi connectivity index (χ1v) is 10.4. The second-order valence-electron chi connectivity index (χ2n) is 5.91. The van der Waals surface area contributed by atoms with Gasteiger partial charge in [0.2, 0.25) is 0 Å². The Labute approximate surface area is 161 Å². The molecule has 2 N–H and O–H groups in total. The van der Waals surface area contributed by atoms with Gasteiger partial charge in [-0.15, -0.1) is 23.5 Å². The van der Waals surface area contributed by atoms with E-state index in [9.17, 15) is 9.18 Å². The molecule has 2 aromatic carbocycles. The molecule has 0 aromatic heterocycles. The molecule has 4 nitrogen and oxygen atoms in total. The van der Waals surface area contributed by atoms with Crippen molar-refractivity contribution >= 4 is 35.2 Å². The van der Waals surface area contributed by atoms with E-state index in [-0.39, 0.29) is 17.8 Å². The molecule has 0 radical (unpaired) electrons. The zero-order valence-electron chi connectivity index (χ0n) is 14.6. The quantitative estimate of drug-likeness (QED) is 0.735. The van der Waals surface area contributed by atoms with E-state index in [1.54, 1.807) is 12.1 Å². The summed E-state index contributed by atoms with van der Waals surface area (Å²) in [7, 11) is 1.42. The molecule has 3 rings (SSSR count). The van der Waals surface area contributed by atoms with Crippen molar-refractivity contribution in [2.24, 2.45) is 0 Å². The summed E-state index contributed by atoms with van der Waals surface area (Å²) < 4.78 is 19.2. The number of rotatable bonds is 5. The Hall–Kier alpha value is -1.86. The van der Waals surface area contributed by atoms with Gasteiger partial charge in [0.05, 0.1) is 17.7 Å². The van der Waals surface area contributed by atoms with E-state index in [0.717, 1.165) is 17.2 Å². The summed E-state index contributed by atoms with van der Waals surface area (Å²) in [5.74, 6) is 2.05. The van der Waals surface area contributed by atoms with Crippen LogP contribution in [0.25, 0.3) is 0 Å². The smallest absolute Gasteiger partial charge is 0.319 e. The minimum atomic E-state index is -0.446. The van der Waals surface area contributed by atoms with Gasteiger partial charge in [-0.25, -0.2) is 9.18 Å². The van der Waals surface area contributed by atoms with Gasteiger partial charge in [-0.2, -0.15) is 0 Å². The Morgan fingerprint density at radius 2 is 2.00 bits per heavy atom. The Kier molecular flexibility index (Phi) is 6.32. The molecule has 1 unspecified atom stereocenters. The summed E-state index contributed by atoms with van der Waals surface area (Å²) in [6.07, 6.45) is 0. The van der Waals surface area contributed by atoms with Crippen molar-refractivity contribution in [3.63, 3.8) is 0 Å². The SMILES string of the molecule is COc1ccc(C(C)NC(=O)Nc2cccc(C3SCCS3)c2)cc1F. The van der Waals surface area contributed by atoms with Gasteiger partial charge in [0, 0.05) is 17.2 Å². The number of halogens is 1. The topological polar surface area (TPSA) is 50.4 Å². The first-order valence-electron chi connectivity index (χ1n) is 8.31. The highest BCUT2D eigenvalue weighted by Crippen LogP contribution is 2.45. The predicted molar refractivity (Wildman–Crippen MR) is 108 cm³/mol. The summed E-state index contributed by atoms with van der Waals surface area (Å²) in [5.41, 5.74) is 2.63. The van der Waals surface area contributed by atoms with Crippen LogP contribution in [-0.2, 0) is 0 Å². The lowest BCUT2D eigenvalue weighted by Gasteiger charge is -2.16. The highest BCUT2D eigenvalue weighted by Gasteiger charge is 2.19. The molecular formula is C19H21FN2O2S2. The molecule has 1 atom stereocenters. The minimum Gasteiger partial charge on any atom is -0.494 e. The Balaban J connectivity index is 1.61. The predicted octanol–water partition coefficient (Wildman–Crippen LogP) is 5.20. The summed E-state index contributed by atoms with van der Waals surface area (Å²) in [5, 5.41) is 5.69. The summed E-state index contributed by atoms with van der Waals surface area (Å²) in [6.45, 7) is 1.81. The van der Waals surface area contributed by atoms with Gasteiger partial charge in [-0.3, -0.25) is 0 Å². The molecule has 1 aliphatic rings. The lowest BCUT2D eigenvalue weighted by atomic mass is 10.1. The molecule has 0 bridgehead atoms. The number of amides is 2. The van der Waals surface area contributed by atoms with Gasteiger partial charge >= 0.3 is 6.03 Å². The fourth-order valence-corrected chi connectivity index (χ4v) is 5.55. The molecule has 2 amide bonds. The summed E-state index contributed by atoms with van der Waals surface area (Å²) >= 11 is 3.85. The molecular weight excluding hydrogens is 371 g/mol. The molecule has 7 heteroatoms. The number of urea groups is 1. The summed E-state index contributed by atoms with van der Waals surface area (Å²) in [4.78, 5) is 12.3. The zero-order valence-corrected chi connectivity index (χ0v) is 16.3. The van der Waals surface area contributed by atoms with Crippen molar-refractivity contribution in [1.29, 1.82) is 0 Å². The maximum atomic E-state index is 13.8. The largest absolute Gasteiger partial charge is 0.494 e. The fraction of sp³-hybridized carbons (Fsp3) is 0.316. The molecule has 1 aliphatic heterocycles. The Morgan fingerprint density at radius 3 is 2.69 bits per heavy atom. The van der Waals surface area contributed by atoms with Gasteiger partial charge in [-0.05, 0) is 42.3 Å². The lowest BCUT2D eigenvalue weighted by Crippen LogP contribution is -2.31.